The molecule has 0 fully saturated rings. The fourth-order valence-electron chi connectivity index (χ4n) is 3.68. The summed E-state index contributed by atoms with van der Waals surface area (Å²) in [6.45, 7) is 4.04. The lowest BCUT2D eigenvalue weighted by molar-refractivity contribution is -0.385. The normalized spacial score (nSPS) is 13.3. The first-order chi connectivity index (χ1) is 14.1. The minimum atomic E-state index is -1.12. The van der Waals surface area contributed by atoms with Crippen molar-refractivity contribution in [2.45, 2.75) is 19.6 Å². The van der Waals surface area contributed by atoms with E-state index in [0.29, 0.717) is 12.2 Å². The van der Waals surface area contributed by atoms with Crippen LogP contribution in [0.4, 0.5) is 5.69 Å². The highest BCUT2D eigenvalue weighted by atomic mass is 16.6. The number of nitro groups is 1. The first-order valence-corrected chi connectivity index (χ1v) is 9.34. The van der Waals surface area contributed by atoms with Crippen molar-refractivity contribution in [3.05, 3.63) is 99.6 Å². The maximum atomic E-state index is 11.3. The lowest BCUT2D eigenvalue weighted by atomic mass is 9.92. The summed E-state index contributed by atoms with van der Waals surface area (Å²) in [5.41, 5.74) is 2.64. The van der Waals surface area contributed by atoms with E-state index >= 15 is 0 Å². The minimum absolute atomic E-state index is 0.0654. The maximum Gasteiger partial charge on any atom is 0.272 e. The Morgan fingerprint density at radius 1 is 1.03 bits per heavy atom. The molecule has 0 amide bonds. The topological polar surface area (TPSA) is 83.1 Å². The zero-order chi connectivity index (χ0) is 20.4. The fourth-order valence-corrected chi connectivity index (χ4v) is 3.68. The summed E-state index contributed by atoms with van der Waals surface area (Å²) < 4.78 is 8.15. The van der Waals surface area contributed by atoms with E-state index in [9.17, 15) is 10.1 Å². The third-order valence-electron chi connectivity index (χ3n) is 4.95. The lowest BCUT2D eigenvalue weighted by Gasteiger charge is -2.35. The van der Waals surface area contributed by atoms with Crippen LogP contribution in [0.5, 0.6) is 0 Å². The van der Waals surface area contributed by atoms with Gasteiger partial charge in [0.1, 0.15) is 5.52 Å². The summed E-state index contributed by atoms with van der Waals surface area (Å²) in [4.78, 5) is 10.9. The molecule has 146 valence electrons. The van der Waals surface area contributed by atoms with Crippen LogP contribution >= 0.6 is 0 Å². The predicted octanol–water partition coefficient (Wildman–Crippen LogP) is 4.43. The molecule has 0 aliphatic heterocycles. The fraction of sp³-hybridized carbons (Fsp3) is 0.182. The molecule has 0 aliphatic rings. The molecule has 4 aromatic rings. The second kappa shape index (κ2) is 7.44. The van der Waals surface area contributed by atoms with Gasteiger partial charge in [-0.15, -0.1) is 5.10 Å². The van der Waals surface area contributed by atoms with Gasteiger partial charge in [-0.3, -0.25) is 10.1 Å². The molecular formula is C22H20N4O3. The number of aromatic nitrogens is 3. The first kappa shape index (κ1) is 18.8. The summed E-state index contributed by atoms with van der Waals surface area (Å²) in [6, 6.07) is 22.4. The van der Waals surface area contributed by atoms with E-state index in [1.54, 1.807) is 23.7 Å². The van der Waals surface area contributed by atoms with Crippen LogP contribution in [0.15, 0.2) is 72.8 Å². The van der Waals surface area contributed by atoms with Crippen molar-refractivity contribution in [3.63, 3.8) is 0 Å². The van der Waals surface area contributed by atoms with E-state index in [4.69, 9.17) is 4.74 Å². The molecule has 1 aromatic heterocycles. The van der Waals surface area contributed by atoms with Crippen molar-refractivity contribution in [1.82, 2.24) is 15.0 Å². The van der Waals surface area contributed by atoms with Gasteiger partial charge < -0.3 is 4.74 Å². The largest absolute Gasteiger partial charge is 0.346 e. The first-order valence-electron chi connectivity index (χ1n) is 9.34. The maximum absolute atomic E-state index is 11.3. The lowest BCUT2D eigenvalue weighted by Crippen LogP contribution is -2.40. The Bertz CT molecular complexity index is 1170. The summed E-state index contributed by atoms with van der Waals surface area (Å²) in [5.74, 6) is 0. The highest BCUT2D eigenvalue weighted by Gasteiger charge is 2.40. The molecule has 7 nitrogen and oxygen atoms in total. The van der Waals surface area contributed by atoms with Crippen molar-refractivity contribution >= 4 is 16.7 Å². The molecule has 0 aliphatic carbocycles. The summed E-state index contributed by atoms with van der Waals surface area (Å²) >= 11 is 0. The van der Waals surface area contributed by atoms with Crippen LogP contribution in [0, 0.1) is 17.0 Å². The molecule has 0 bridgehead atoms. The average Bonchev–Trinajstić information content (AvgIpc) is 3.17. The van der Waals surface area contributed by atoms with Crippen LogP contribution in [-0.4, -0.2) is 26.5 Å². The van der Waals surface area contributed by atoms with Crippen LogP contribution in [-0.2, 0) is 10.5 Å². The third-order valence-corrected chi connectivity index (χ3v) is 4.95. The van der Waals surface area contributed by atoms with Crippen LogP contribution in [0.3, 0.4) is 0 Å². The second-order valence-electron chi connectivity index (χ2n) is 6.69. The molecular weight excluding hydrogens is 368 g/mol. The number of rotatable bonds is 6. The zero-order valence-electron chi connectivity index (χ0n) is 16.1. The van der Waals surface area contributed by atoms with Gasteiger partial charge in [-0.1, -0.05) is 47.7 Å². The zero-order valence-corrected chi connectivity index (χ0v) is 16.1. The van der Waals surface area contributed by atoms with Crippen molar-refractivity contribution < 1.29 is 9.66 Å². The number of nitro benzene ring substituents is 1. The molecule has 0 radical (unpaired) electrons. The SMILES string of the molecule is CCOC(c1ccccc1)(c1ccc([N+](=O)[O-])c(C)c1)n1nnc2ccccc21. The standard InChI is InChI=1S/C22H20N4O3/c1-3-29-22(17-9-5-4-6-10-17,18-13-14-20(26(27)28)16(2)15-18)25-21-12-8-7-11-19(21)23-24-25/h4-15H,3H2,1-2H3. The number of fused-ring (bicyclic) bond motifs is 1. The van der Waals surface area contributed by atoms with Gasteiger partial charge in [0.05, 0.1) is 10.4 Å². The van der Waals surface area contributed by atoms with E-state index in [2.05, 4.69) is 10.3 Å². The highest BCUT2D eigenvalue weighted by molar-refractivity contribution is 5.74. The number of para-hydroxylation sites is 1. The Labute approximate surface area is 167 Å². The van der Waals surface area contributed by atoms with Crippen molar-refractivity contribution in [1.29, 1.82) is 0 Å². The van der Waals surface area contributed by atoms with Crippen molar-refractivity contribution in [3.8, 4) is 0 Å². The minimum Gasteiger partial charge on any atom is -0.346 e. The Hall–Kier alpha value is -3.58. The monoisotopic (exact) mass is 388 g/mol. The predicted molar refractivity (Wildman–Crippen MR) is 110 cm³/mol. The van der Waals surface area contributed by atoms with Crippen molar-refractivity contribution in [2.75, 3.05) is 6.61 Å². The molecule has 1 unspecified atom stereocenters. The van der Waals surface area contributed by atoms with Gasteiger partial charge in [-0.05, 0) is 38.1 Å². The number of benzene rings is 3. The molecule has 0 N–H and O–H groups in total. The van der Waals surface area contributed by atoms with Gasteiger partial charge in [0.15, 0.2) is 0 Å². The molecule has 3 aromatic carbocycles. The molecule has 0 spiro atoms. The summed E-state index contributed by atoms with van der Waals surface area (Å²) in [6.07, 6.45) is 0. The number of nitrogens with zero attached hydrogens (tertiary/aromatic N) is 4. The molecule has 29 heavy (non-hydrogen) atoms. The van der Waals surface area contributed by atoms with E-state index < -0.39 is 5.72 Å². The molecule has 4 rings (SSSR count). The van der Waals surface area contributed by atoms with Gasteiger partial charge in [0, 0.05) is 29.4 Å². The number of ether oxygens (including phenoxy) is 1. The van der Waals surface area contributed by atoms with Gasteiger partial charge >= 0.3 is 0 Å². The van der Waals surface area contributed by atoms with E-state index in [0.717, 1.165) is 22.2 Å². The Morgan fingerprint density at radius 2 is 1.76 bits per heavy atom. The molecule has 1 heterocycles. The van der Waals surface area contributed by atoms with Gasteiger partial charge in [0.25, 0.3) is 5.69 Å². The highest BCUT2D eigenvalue weighted by Crippen LogP contribution is 2.38. The van der Waals surface area contributed by atoms with Gasteiger partial charge in [-0.25, -0.2) is 4.68 Å². The number of aryl methyl sites for hydroxylation is 1. The van der Waals surface area contributed by atoms with Crippen LogP contribution < -0.4 is 0 Å². The Morgan fingerprint density at radius 3 is 2.45 bits per heavy atom. The van der Waals surface area contributed by atoms with Crippen molar-refractivity contribution in [2.24, 2.45) is 0 Å². The quantitative estimate of drug-likeness (QED) is 0.360. The van der Waals surface area contributed by atoms with Crippen LogP contribution in [0.1, 0.15) is 23.6 Å². The van der Waals surface area contributed by atoms with Gasteiger partial charge in [-0.2, -0.15) is 0 Å². The smallest absolute Gasteiger partial charge is 0.272 e. The Balaban J connectivity index is 2.06. The third kappa shape index (κ3) is 3.05. The number of hydrogen-bond acceptors (Lipinski definition) is 5. The summed E-state index contributed by atoms with van der Waals surface area (Å²) in [5, 5.41) is 20.1. The van der Waals surface area contributed by atoms with Crippen LogP contribution in [0.2, 0.25) is 0 Å². The van der Waals surface area contributed by atoms with Crippen LogP contribution in [0.25, 0.3) is 11.0 Å². The Kier molecular flexibility index (Phi) is 4.82. The van der Waals surface area contributed by atoms with Gasteiger partial charge in [0.2, 0.25) is 5.72 Å². The van der Waals surface area contributed by atoms with E-state index in [-0.39, 0.29) is 10.6 Å². The van der Waals surface area contributed by atoms with E-state index in [1.807, 2.05) is 61.5 Å². The molecule has 7 heteroatoms. The van der Waals surface area contributed by atoms with E-state index in [1.165, 1.54) is 6.07 Å². The summed E-state index contributed by atoms with van der Waals surface area (Å²) in [7, 11) is 0. The molecule has 1 atom stereocenters. The second-order valence-corrected chi connectivity index (χ2v) is 6.69. The number of hydrogen-bond donors (Lipinski definition) is 0. The molecule has 0 saturated carbocycles. The molecule has 0 saturated heterocycles. The average molecular weight is 388 g/mol.